The van der Waals surface area contributed by atoms with Crippen LogP contribution in [0.1, 0.15) is 30.9 Å². The molecule has 118 valence electrons. The molecule has 0 amide bonds. The van der Waals surface area contributed by atoms with E-state index in [0.29, 0.717) is 16.9 Å². The minimum absolute atomic E-state index is 0.0390. The van der Waals surface area contributed by atoms with E-state index in [1.807, 2.05) is 0 Å². The molecule has 0 aromatic heterocycles. The minimum atomic E-state index is -0.328. The summed E-state index contributed by atoms with van der Waals surface area (Å²) in [6.07, 6.45) is 6.82. The molecule has 0 fully saturated rings. The quantitative estimate of drug-likeness (QED) is 0.816. The first-order valence-corrected chi connectivity index (χ1v) is 7.57. The van der Waals surface area contributed by atoms with E-state index in [1.165, 1.54) is 6.08 Å². The third kappa shape index (κ3) is 3.63. The summed E-state index contributed by atoms with van der Waals surface area (Å²) in [5, 5.41) is 8.68. The molecular weight excluding hydrogens is 281 g/mol. The van der Waals surface area contributed by atoms with E-state index in [4.69, 9.17) is 9.84 Å². The predicted molar refractivity (Wildman–Crippen MR) is 88.0 cm³/mol. The largest absolute Gasteiger partial charge is 0.489 e. The summed E-state index contributed by atoms with van der Waals surface area (Å²) in [6.45, 7) is 6.76. The number of benzene rings is 1. The van der Waals surface area contributed by atoms with Gasteiger partial charge >= 0.3 is 0 Å². The first kappa shape index (κ1) is 16.4. The van der Waals surface area contributed by atoms with Gasteiger partial charge in [-0.05, 0) is 37.0 Å². The van der Waals surface area contributed by atoms with Gasteiger partial charge in [0, 0.05) is 17.8 Å². The monoisotopic (exact) mass is 303 g/mol. The van der Waals surface area contributed by atoms with Crippen LogP contribution < -0.4 is 4.74 Å². The smallest absolute Gasteiger partial charge is 0.143 e. The third-order valence-corrected chi connectivity index (χ3v) is 3.77. The second kappa shape index (κ2) is 7.90. The van der Waals surface area contributed by atoms with Crippen LogP contribution in [0.5, 0.6) is 5.75 Å². The van der Waals surface area contributed by atoms with E-state index in [1.54, 1.807) is 24.3 Å². The van der Waals surface area contributed by atoms with E-state index >= 15 is 0 Å². The maximum Gasteiger partial charge on any atom is 0.143 e. The van der Waals surface area contributed by atoms with E-state index in [-0.39, 0.29) is 24.9 Å². The Labute approximate surface area is 130 Å². The average molecular weight is 303 g/mol. The van der Waals surface area contributed by atoms with Crippen molar-refractivity contribution in [1.82, 2.24) is 0 Å². The minimum Gasteiger partial charge on any atom is -0.489 e. The highest BCUT2D eigenvalue weighted by atomic mass is 19.1. The molecule has 1 N–H and O–H groups in total. The number of ether oxygens (including phenoxy) is 1. The highest BCUT2D eigenvalue weighted by Gasteiger charge is 2.22. The maximum atomic E-state index is 14.8. The lowest BCUT2D eigenvalue weighted by molar-refractivity contribution is 0.335. The molecule has 2 rings (SSSR count). The van der Waals surface area contributed by atoms with Crippen LogP contribution in [0.15, 0.2) is 35.9 Å². The Morgan fingerprint density at radius 1 is 1.45 bits per heavy atom. The second-order valence-electron chi connectivity index (χ2n) is 5.32. The molecule has 1 heterocycles. The van der Waals surface area contributed by atoms with Crippen molar-refractivity contribution in [2.75, 3.05) is 19.8 Å². The Bertz CT molecular complexity index is 593. The normalized spacial score (nSPS) is 18.3. The fourth-order valence-corrected chi connectivity index (χ4v) is 2.61. The number of hydrogen-bond donors (Lipinski definition) is 1. The first-order valence-electron chi connectivity index (χ1n) is 7.57. The molecule has 22 heavy (non-hydrogen) atoms. The van der Waals surface area contributed by atoms with Gasteiger partial charge in [0.15, 0.2) is 0 Å². The Hall–Kier alpha value is -1.94. The number of aliphatic hydroxyl groups excluding tert-OH is 1. The number of rotatable bonds is 6. The summed E-state index contributed by atoms with van der Waals surface area (Å²) in [7, 11) is 0. The lowest BCUT2D eigenvalue weighted by atomic mass is 9.90. The van der Waals surface area contributed by atoms with Crippen LogP contribution in [0.3, 0.4) is 0 Å². The molecule has 1 aliphatic heterocycles. The van der Waals surface area contributed by atoms with Crippen LogP contribution in [0.4, 0.5) is 4.39 Å². The van der Waals surface area contributed by atoms with Gasteiger partial charge in [-0.1, -0.05) is 25.7 Å². The molecular formula is C18H22FNO2. The van der Waals surface area contributed by atoms with Gasteiger partial charge in [0.25, 0.3) is 0 Å². The SMILES string of the molecule is C=Cc1c(OC/C=C\CO)ccc(C2=NCCCC2C)c1F. The molecule has 0 radical (unpaired) electrons. The summed E-state index contributed by atoms with van der Waals surface area (Å²) in [6, 6.07) is 3.49. The van der Waals surface area contributed by atoms with Gasteiger partial charge in [-0.3, -0.25) is 4.99 Å². The van der Waals surface area contributed by atoms with Gasteiger partial charge in [-0.2, -0.15) is 0 Å². The molecule has 3 nitrogen and oxygen atoms in total. The summed E-state index contributed by atoms with van der Waals surface area (Å²) < 4.78 is 20.3. The molecule has 1 unspecified atom stereocenters. The number of hydrogen-bond acceptors (Lipinski definition) is 3. The van der Waals surface area contributed by atoms with Crippen molar-refractivity contribution in [2.45, 2.75) is 19.8 Å². The van der Waals surface area contributed by atoms with Crippen molar-refractivity contribution >= 4 is 11.8 Å². The maximum absolute atomic E-state index is 14.8. The summed E-state index contributed by atoms with van der Waals surface area (Å²) >= 11 is 0. The van der Waals surface area contributed by atoms with Gasteiger partial charge in [0.05, 0.1) is 12.2 Å². The van der Waals surface area contributed by atoms with Crippen molar-refractivity contribution in [1.29, 1.82) is 0 Å². The Morgan fingerprint density at radius 2 is 2.27 bits per heavy atom. The first-order chi connectivity index (χ1) is 10.7. The predicted octanol–water partition coefficient (Wildman–Crippen LogP) is 3.62. The topological polar surface area (TPSA) is 41.8 Å². The zero-order valence-corrected chi connectivity index (χ0v) is 12.9. The molecule has 1 aliphatic rings. The van der Waals surface area contributed by atoms with Crippen molar-refractivity contribution in [3.63, 3.8) is 0 Å². The average Bonchev–Trinajstić information content (AvgIpc) is 2.53. The van der Waals surface area contributed by atoms with Gasteiger partial charge in [-0.15, -0.1) is 0 Å². The highest BCUT2D eigenvalue weighted by Crippen LogP contribution is 2.29. The van der Waals surface area contributed by atoms with Crippen LogP contribution in [-0.4, -0.2) is 30.6 Å². The van der Waals surface area contributed by atoms with Crippen LogP contribution >= 0.6 is 0 Å². The molecule has 1 aromatic carbocycles. The van der Waals surface area contributed by atoms with Gasteiger partial charge in [0.1, 0.15) is 18.2 Å². The van der Waals surface area contributed by atoms with Crippen molar-refractivity contribution in [2.24, 2.45) is 10.9 Å². The lowest BCUT2D eigenvalue weighted by Crippen LogP contribution is -2.20. The number of nitrogens with zero attached hydrogens (tertiary/aromatic N) is 1. The molecule has 1 atom stereocenters. The molecule has 0 saturated heterocycles. The van der Waals surface area contributed by atoms with E-state index in [0.717, 1.165) is 25.1 Å². The molecule has 0 saturated carbocycles. The Morgan fingerprint density at radius 3 is 2.95 bits per heavy atom. The van der Waals surface area contributed by atoms with Gasteiger partial charge in [-0.25, -0.2) is 4.39 Å². The Balaban J connectivity index is 2.29. The standard InChI is InChI=1S/C18H22FNO2/c1-3-14-16(22-12-5-4-11-21)9-8-15(17(14)19)18-13(2)7-6-10-20-18/h3-5,8-9,13,21H,1,6-7,10-12H2,2H3/b5-4-. The van der Waals surface area contributed by atoms with Crippen LogP contribution in [0.25, 0.3) is 6.08 Å². The molecule has 0 bridgehead atoms. The molecule has 1 aromatic rings. The fraction of sp³-hybridized carbons (Fsp3) is 0.389. The number of halogens is 1. The van der Waals surface area contributed by atoms with Gasteiger partial charge in [0.2, 0.25) is 0 Å². The van der Waals surface area contributed by atoms with Crippen molar-refractivity contribution < 1.29 is 14.2 Å². The van der Waals surface area contributed by atoms with E-state index in [2.05, 4.69) is 18.5 Å². The van der Waals surface area contributed by atoms with E-state index in [9.17, 15) is 4.39 Å². The second-order valence-corrected chi connectivity index (χ2v) is 5.32. The molecule has 0 aliphatic carbocycles. The fourth-order valence-electron chi connectivity index (χ4n) is 2.61. The van der Waals surface area contributed by atoms with Crippen LogP contribution in [-0.2, 0) is 0 Å². The zero-order chi connectivity index (χ0) is 15.9. The van der Waals surface area contributed by atoms with Crippen LogP contribution in [0.2, 0.25) is 0 Å². The molecule has 0 spiro atoms. The van der Waals surface area contributed by atoms with Crippen molar-refractivity contribution in [3.8, 4) is 5.75 Å². The summed E-state index contributed by atoms with van der Waals surface area (Å²) in [5.74, 6) is 0.384. The number of aliphatic hydroxyl groups is 1. The highest BCUT2D eigenvalue weighted by molar-refractivity contribution is 6.03. The Kier molecular flexibility index (Phi) is 5.90. The van der Waals surface area contributed by atoms with Crippen LogP contribution in [0, 0.1) is 11.7 Å². The zero-order valence-electron chi connectivity index (χ0n) is 12.9. The van der Waals surface area contributed by atoms with Crippen molar-refractivity contribution in [3.05, 3.63) is 47.8 Å². The summed E-state index contributed by atoms with van der Waals surface area (Å²) in [5.41, 5.74) is 1.73. The summed E-state index contributed by atoms with van der Waals surface area (Å²) in [4.78, 5) is 4.50. The van der Waals surface area contributed by atoms with E-state index < -0.39 is 0 Å². The molecule has 4 heteroatoms. The number of aliphatic imine (C=N–C) groups is 1. The van der Waals surface area contributed by atoms with Gasteiger partial charge < -0.3 is 9.84 Å². The third-order valence-electron chi connectivity index (χ3n) is 3.77. The lowest BCUT2D eigenvalue weighted by Gasteiger charge is -2.21.